The Morgan fingerprint density at radius 1 is 0.966 bits per heavy atom. The van der Waals surface area contributed by atoms with Crippen molar-refractivity contribution in [3.8, 4) is 11.5 Å². The van der Waals surface area contributed by atoms with E-state index in [9.17, 15) is 25.0 Å². The highest BCUT2D eigenvalue weighted by atomic mass is 16.6. The van der Waals surface area contributed by atoms with E-state index in [4.69, 9.17) is 14.2 Å². The van der Waals surface area contributed by atoms with Crippen LogP contribution < -0.4 is 9.47 Å². The van der Waals surface area contributed by atoms with Gasteiger partial charge in [0, 0.05) is 12.1 Å². The summed E-state index contributed by atoms with van der Waals surface area (Å²) in [6.45, 7) is 0. The zero-order valence-electron chi connectivity index (χ0n) is 15.1. The molecule has 0 saturated heterocycles. The van der Waals surface area contributed by atoms with Crippen molar-refractivity contribution in [1.82, 2.24) is 0 Å². The Morgan fingerprint density at radius 2 is 1.59 bits per heavy atom. The number of rotatable bonds is 6. The van der Waals surface area contributed by atoms with Crippen LogP contribution in [0, 0.1) is 20.2 Å². The van der Waals surface area contributed by atoms with Crippen LogP contribution in [0.25, 0.3) is 6.08 Å². The third-order valence-electron chi connectivity index (χ3n) is 3.90. The van der Waals surface area contributed by atoms with Crippen LogP contribution in [0.4, 0.5) is 11.4 Å². The number of nitro groups is 2. The molecule has 0 fully saturated rings. The van der Waals surface area contributed by atoms with Gasteiger partial charge < -0.3 is 14.2 Å². The number of aliphatic imine (C=N–C) groups is 1. The van der Waals surface area contributed by atoms with Crippen molar-refractivity contribution in [1.29, 1.82) is 0 Å². The fraction of sp³-hybridized carbons (Fsp3) is 0.111. The highest BCUT2D eigenvalue weighted by Gasteiger charge is 2.27. The van der Waals surface area contributed by atoms with E-state index in [0.717, 1.165) is 18.2 Å². The van der Waals surface area contributed by atoms with Gasteiger partial charge in [0.15, 0.2) is 17.2 Å². The Balaban J connectivity index is 2.01. The van der Waals surface area contributed by atoms with Gasteiger partial charge in [0.05, 0.1) is 35.7 Å². The number of nitro benzene ring substituents is 2. The molecule has 2 aromatic rings. The summed E-state index contributed by atoms with van der Waals surface area (Å²) in [5.41, 5.74) is -0.628. The second-order valence-corrected chi connectivity index (χ2v) is 5.70. The Morgan fingerprint density at radius 3 is 2.14 bits per heavy atom. The molecule has 1 aliphatic heterocycles. The van der Waals surface area contributed by atoms with Crippen molar-refractivity contribution in [2.24, 2.45) is 4.99 Å². The van der Waals surface area contributed by atoms with Gasteiger partial charge in [0.25, 0.3) is 11.4 Å². The lowest BCUT2D eigenvalue weighted by Gasteiger charge is -2.07. The van der Waals surface area contributed by atoms with Crippen molar-refractivity contribution in [2.45, 2.75) is 0 Å². The lowest BCUT2D eigenvalue weighted by molar-refractivity contribution is -0.394. The number of carbonyl (C=O) groups is 1. The highest BCUT2D eigenvalue weighted by molar-refractivity contribution is 6.13. The number of carbonyl (C=O) groups excluding carboxylic acids is 1. The lowest BCUT2D eigenvalue weighted by Crippen LogP contribution is -2.06. The first-order valence-electron chi connectivity index (χ1n) is 8.01. The molecule has 148 valence electrons. The second kappa shape index (κ2) is 7.76. The van der Waals surface area contributed by atoms with E-state index in [0.29, 0.717) is 17.1 Å². The van der Waals surface area contributed by atoms with Gasteiger partial charge in [-0.2, -0.15) is 0 Å². The number of esters is 1. The molecule has 0 aromatic heterocycles. The molecule has 0 amide bonds. The van der Waals surface area contributed by atoms with Gasteiger partial charge in [-0.1, -0.05) is 6.07 Å². The van der Waals surface area contributed by atoms with Crippen LogP contribution in [-0.4, -0.2) is 35.9 Å². The monoisotopic (exact) mass is 399 g/mol. The molecule has 0 aliphatic carbocycles. The van der Waals surface area contributed by atoms with Gasteiger partial charge in [-0.25, -0.2) is 9.79 Å². The maximum absolute atomic E-state index is 12.1. The van der Waals surface area contributed by atoms with Crippen molar-refractivity contribution < 1.29 is 28.9 Å². The number of hydrogen-bond donors (Lipinski definition) is 0. The average molecular weight is 399 g/mol. The summed E-state index contributed by atoms with van der Waals surface area (Å²) in [5.74, 6) is -0.138. The maximum atomic E-state index is 12.1. The molecular weight excluding hydrogens is 386 g/mol. The van der Waals surface area contributed by atoms with Gasteiger partial charge in [-0.05, 0) is 23.8 Å². The minimum Gasteiger partial charge on any atom is -0.493 e. The topological polar surface area (TPSA) is 143 Å². The van der Waals surface area contributed by atoms with Crippen LogP contribution in [0.1, 0.15) is 11.1 Å². The molecule has 11 heteroatoms. The summed E-state index contributed by atoms with van der Waals surface area (Å²) in [5, 5.41) is 22.1. The van der Waals surface area contributed by atoms with Gasteiger partial charge in [0.1, 0.15) is 0 Å². The molecule has 0 saturated carbocycles. The molecule has 0 radical (unpaired) electrons. The fourth-order valence-corrected chi connectivity index (χ4v) is 2.56. The Kier molecular flexibility index (Phi) is 5.21. The van der Waals surface area contributed by atoms with E-state index in [1.807, 2.05) is 0 Å². The Hall–Kier alpha value is -4.28. The quantitative estimate of drug-likeness (QED) is 0.312. The van der Waals surface area contributed by atoms with Gasteiger partial charge in [-0.3, -0.25) is 20.2 Å². The summed E-state index contributed by atoms with van der Waals surface area (Å²) in [4.78, 5) is 36.7. The molecule has 0 spiro atoms. The van der Waals surface area contributed by atoms with Crippen LogP contribution in [0.3, 0.4) is 0 Å². The van der Waals surface area contributed by atoms with E-state index in [2.05, 4.69) is 4.99 Å². The smallest absolute Gasteiger partial charge is 0.363 e. The van der Waals surface area contributed by atoms with E-state index < -0.39 is 27.2 Å². The maximum Gasteiger partial charge on any atom is 0.363 e. The van der Waals surface area contributed by atoms with Crippen LogP contribution in [-0.2, 0) is 9.53 Å². The molecule has 0 unspecified atom stereocenters. The predicted molar refractivity (Wildman–Crippen MR) is 99.9 cm³/mol. The highest BCUT2D eigenvalue weighted by Crippen LogP contribution is 2.30. The van der Waals surface area contributed by atoms with E-state index in [1.54, 1.807) is 18.2 Å². The summed E-state index contributed by atoms with van der Waals surface area (Å²) in [7, 11) is 2.95. The Labute approximate surface area is 163 Å². The van der Waals surface area contributed by atoms with Crippen molar-refractivity contribution in [3.05, 3.63) is 73.5 Å². The number of cyclic esters (lactones) is 1. The SMILES string of the molecule is COc1ccc(C=C2N=C(c3cc([N+](=O)[O-])cc([N+](=O)[O-])c3)OC2=O)cc1OC. The van der Waals surface area contributed by atoms with Gasteiger partial charge >= 0.3 is 5.97 Å². The first kappa shape index (κ1) is 19.5. The third-order valence-corrected chi connectivity index (χ3v) is 3.90. The van der Waals surface area contributed by atoms with Crippen LogP contribution in [0.5, 0.6) is 11.5 Å². The van der Waals surface area contributed by atoms with E-state index >= 15 is 0 Å². The van der Waals surface area contributed by atoms with Crippen molar-refractivity contribution in [3.63, 3.8) is 0 Å². The number of non-ortho nitro benzene ring substituents is 2. The lowest BCUT2D eigenvalue weighted by atomic mass is 10.1. The molecule has 0 N–H and O–H groups in total. The molecule has 11 nitrogen and oxygen atoms in total. The zero-order valence-corrected chi connectivity index (χ0v) is 15.1. The second-order valence-electron chi connectivity index (χ2n) is 5.70. The number of benzene rings is 2. The molecule has 0 bridgehead atoms. The molecule has 1 heterocycles. The molecule has 29 heavy (non-hydrogen) atoms. The molecule has 0 atom stereocenters. The number of nitrogens with zero attached hydrogens (tertiary/aromatic N) is 3. The fourth-order valence-electron chi connectivity index (χ4n) is 2.56. The Bertz CT molecular complexity index is 1060. The summed E-state index contributed by atoms with van der Waals surface area (Å²) in [6.07, 6.45) is 1.42. The first-order chi connectivity index (χ1) is 13.8. The van der Waals surface area contributed by atoms with Gasteiger partial charge in [0.2, 0.25) is 5.90 Å². The predicted octanol–water partition coefficient (Wildman–Crippen LogP) is 2.86. The number of ether oxygens (including phenoxy) is 3. The number of hydrogen-bond acceptors (Lipinski definition) is 9. The van der Waals surface area contributed by atoms with E-state index in [-0.39, 0.29) is 17.2 Å². The zero-order chi connectivity index (χ0) is 21.1. The van der Waals surface area contributed by atoms with Crippen molar-refractivity contribution in [2.75, 3.05) is 14.2 Å². The molecule has 2 aromatic carbocycles. The summed E-state index contributed by atoms with van der Waals surface area (Å²) >= 11 is 0. The minimum atomic E-state index is -0.802. The van der Waals surface area contributed by atoms with E-state index in [1.165, 1.54) is 20.3 Å². The molecular formula is C18H13N3O8. The normalized spacial score (nSPS) is 14.3. The standard InChI is InChI=1S/C18H13N3O8/c1-27-15-4-3-10(6-16(15)28-2)5-14-18(22)29-17(19-14)11-7-12(20(23)24)9-13(8-11)21(25)26/h3-9H,1-2H3. The van der Waals surface area contributed by atoms with Crippen molar-refractivity contribution >= 4 is 29.3 Å². The number of methoxy groups -OCH3 is 2. The van der Waals surface area contributed by atoms with Crippen LogP contribution >= 0.6 is 0 Å². The van der Waals surface area contributed by atoms with Gasteiger partial charge in [-0.15, -0.1) is 0 Å². The summed E-state index contributed by atoms with van der Waals surface area (Å²) < 4.78 is 15.4. The molecule has 3 rings (SSSR count). The summed E-state index contributed by atoms with van der Waals surface area (Å²) in [6, 6.07) is 7.80. The largest absolute Gasteiger partial charge is 0.493 e. The third kappa shape index (κ3) is 4.03. The van der Waals surface area contributed by atoms with Crippen LogP contribution in [0.2, 0.25) is 0 Å². The average Bonchev–Trinajstić information content (AvgIpc) is 3.07. The minimum absolute atomic E-state index is 0.0602. The first-order valence-corrected chi connectivity index (χ1v) is 8.01. The molecule has 1 aliphatic rings. The van der Waals surface area contributed by atoms with Crippen LogP contribution in [0.15, 0.2) is 47.1 Å².